The first-order valence-electron chi connectivity index (χ1n) is 7.63. The predicted octanol–water partition coefficient (Wildman–Crippen LogP) is 1.69. The van der Waals surface area contributed by atoms with Crippen LogP contribution in [-0.4, -0.2) is 46.5 Å². The maximum atomic E-state index is 5.91. The number of hydrogen-bond acceptors (Lipinski definition) is 5. The fourth-order valence-electron chi connectivity index (χ4n) is 2.64. The summed E-state index contributed by atoms with van der Waals surface area (Å²) in [6.07, 6.45) is 4.64. The van der Waals surface area contributed by atoms with Gasteiger partial charge in [0.05, 0.1) is 0 Å². The van der Waals surface area contributed by atoms with Crippen LogP contribution in [0.1, 0.15) is 39.5 Å². The zero-order valence-corrected chi connectivity index (χ0v) is 12.3. The van der Waals surface area contributed by atoms with Crippen LogP contribution in [0.25, 0.3) is 0 Å². The van der Waals surface area contributed by atoms with E-state index in [0.717, 1.165) is 25.9 Å². The summed E-state index contributed by atoms with van der Waals surface area (Å²) >= 11 is 0. The van der Waals surface area contributed by atoms with Gasteiger partial charge in [-0.25, -0.2) is 0 Å². The summed E-state index contributed by atoms with van der Waals surface area (Å²) in [5, 5.41) is 3.21. The summed E-state index contributed by atoms with van der Waals surface area (Å²) in [7, 11) is 0. The van der Waals surface area contributed by atoms with Gasteiger partial charge in [-0.2, -0.15) is 0 Å². The summed E-state index contributed by atoms with van der Waals surface area (Å²) in [6, 6.07) is 0. The topological polar surface area (TPSA) is 49.0 Å². The molecule has 2 aliphatic heterocycles. The van der Waals surface area contributed by atoms with E-state index in [9.17, 15) is 0 Å². The lowest BCUT2D eigenvalue weighted by atomic mass is 9.79. The Morgan fingerprint density at radius 3 is 2.16 bits per heavy atom. The van der Waals surface area contributed by atoms with E-state index in [1.165, 1.54) is 12.8 Å². The smallest absolute Gasteiger partial charge is 0.518 e. The molecule has 2 aliphatic rings. The molecule has 0 unspecified atom stereocenters. The Morgan fingerprint density at radius 2 is 1.63 bits per heavy atom. The molecule has 0 bridgehead atoms. The average Bonchev–Trinajstić information content (AvgIpc) is 2.43. The van der Waals surface area contributed by atoms with Gasteiger partial charge in [0, 0.05) is 44.9 Å². The van der Waals surface area contributed by atoms with Gasteiger partial charge in [0.1, 0.15) is 0 Å². The van der Waals surface area contributed by atoms with E-state index < -0.39 is 6.96 Å². The molecule has 0 aliphatic carbocycles. The molecule has 0 aromatic carbocycles. The van der Waals surface area contributed by atoms with Crippen molar-refractivity contribution in [2.24, 2.45) is 5.41 Å². The third kappa shape index (κ3) is 3.92. The molecule has 2 fully saturated rings. The standard InChI is InChI=1S/C13H27BNO4/c1-3-5-6-13(4-2)11-18-14(19-12-13)16-9-7-15-8-10-17-14/h15H,3-12H2,1-2H3/q-1. The molecule has 0 aromatic rings. The fourth-order valence-corrected chi connectivity index (χ4v) is 2.64. The van der Waals surface area contributed by atoms with Gasteiger partial charge in [-0.1, -0.05) is 26.7 Å². The van der Waals surface area contributed by atoms with Crippen LogP contribution in [0.3, 0.4) is 0 Å². The highest BCUT2D eigenvalue weighted by Crippen LogP contribution is 2.36. The Labute approximate surface area is 116 Å². The first-order chi connectivity index (χ1) is 9.24. The molecule has 5 nitrogen and oxygen atoms in total. The second kappa shape index (κ2) is 7.04. The maximum absolute atomic E-state index is 5.91. The van der Waals surface area contributed by atoms with Crippen molar-refractivity contribution in [2.75, 3.05) is 39.5 Å². The van der Waals surface area contributed by atoms with E-state index in [0.29, 0.717) is 26.4 Å². The second-order valence-corrected chi connectivity index (χ2v) is 5.65. The Hall–Kier alpha value is -0.135. The highest BCUT2D eigenvalue weighted by Gasteiger charge is 2.43. The van der Waals surface area contributed by atoms with Crippen LogP contribution < -0.4 is 5.32 Å². The SMILES string of the molecule is CCCCC1(CC)CO[B-]2(OCCNCCO2)OC1. The third-order valence-electron chi connectivity index (χ3n) is 4.20. The molecule has 0 saturated carbocycles. The molecule has 19 heavy (non-hydrogen) atoms. The lowest BCUT2D eigenvalue weighted by Crippen LogP contribution is -2.59. The second-order valence-electron chi connectivity index (χ2n) is 5.65. The van der Waals surface area contributed by atoms with E-state index >= 15 is 0 Å². The first-order valence-corrected chi connectivity index (χ1v) is 7.63. The van der Waals surface area contributed by atoms with Crippen molar-refractivity contribution in [3.8, 4) is 0 Å². The van der Waals surface area contributed by atoms with Crippen molar-refractivity contribution >= 4 is 6.96 Å². The van der Waals surface area contributed by atoms with Crippen LogP contribution in [0.4, 0.5) is 0 Å². The normalized spacial score (nSPS) is 26.8. The average molecular weight is 272 g/mol. The first kappa shape index (κ1) is 15.3. The van der Waals surface area contributed by atoms with Crippen molar-refractivity contribution in [3.05, 3.63) is 0 Å². The quantitative estimate of drug-likeness (QED) is 0.789. The van der Waals surface area contributed by atoms with E-state index in [1.54, 1.807) is 0 Å². The van der Waals surface area contributed by atoms with Gasteiger partial charge < -0.3 is 23.9 Å². The number of rotatable bonds is 4. The zero-order valence-electron chi connectivity index (χ0n) is 12.3. The van der Waals surface area contributed by atoms with Gasteiger partial charge >= 0.3 is 6.96 Å². The molecule has 1 N–H and O–H groups in total. The third-order valence-corrected chi connectivity index (χ3v) is 4.20. The monoisotopic (exact) mass is 272 g/mol. The van der Waals surface area contributed by atoms with Crippen LogP contribution in [0.5, 0.6) is 0 Å². The summed E-state index contributed by atoms with van der Waals surface area (Å²) in [6.45, 7) is 6.56. The molecule has 2 rings (SSSR count). The highest BCUT2D eigenvalue weighted by molar-refractivity contribution is 6.53. The number of hydrogen-bond donors (Lipinski definition) is 1. The van der Waals surface area contributed by atoms with Crippen molar-refractivity contribution in [3.63, 3.8) is 0 Å². The minimum atomic E-state index is -1.97. The van der Waals surface area contributed by atoms with Crippen LogP contribution in [0, 0.1) is 5.41 Å². The molecular formula is C13H27BNO4-. The molecule has 6 heteroatoms. The van der Waals surface area contributed by atoms with Gasteiger partial charge in [0.15, 0.2) is 0 Å². The summed E-state index contributed by atoms with van der Waals surface area (Å²) < 4.78 is 23.2. The summed E-state index contributed by atoms with van der Waals surface area (Å²) in [5.74, 6) is 0. The Bertz CT molecular complexity index is 259. The van der Waals surface area contributed by atoms with Gasteiger partial charge in [0.25, 0.3) is 0 Å². The minimum absolute atomic E-state index is 0.135. The molecule has 0 atom stereocenters. The highest BCUT2D eigenvalue weighted by atomic mass is 16.9. The fraction of sp³-hybridized carbons (Fsp3) is 1.00. The molecule has 0 amide bonds. The molecule has 2 saturated heterocycles. The molecular weight excluding hydrogens is 245 g/mol. The van der Waals surface area contributed by atoms with Gasteiger partial charge in [0.2, 0.25) is 0 Å². The maximum Gasteiger partial charge on any atom is 0.531 e. The predicted molar refractivity (Wildman–Crippen MR) is 74.7 cm³/mol. The van der Waals surface area contributed by atoms with Crippen molar-refractivity contribution in [1.29, 1.82) is 0 Å². The lowest BCUT2D eigenvalue weighted by Gasteiger charge is -2.51. The van der Waals surface area contributed by atoms with Crippen LogP contribution in [-0.2, 0) is 18.6 Å². The number of unbranched alkanes of at least 4 members (excludes halogenated alkanes) is 1. The lowest BCUT2D eigenvalue weighted by molar-refractivity contribution is -0.119. The van der Waals surface area contributed by atoms with Crippen LogP contribution in [0.2, 0.25) is 0 Å². The summed E-state index contributed by atoms with van der Waals surface area (Å²) in [5.41, 5.74) is 0.135. The Morgan fingerprint density at radius 1 is 1.00 bits per heavy atom. The van der Waals surface area contributed by atoms with E-state index in [-0.39, 0.29) is 5.41 Å². The zero-order chi connectivity index (χ0) is 13.6. The largest absolute Gasteiger partial charge is 0.531 e. The Balaban J connectivity index is 1.91. The van der Waals surface area contributed by atoms with Crippen molar-refractivity contribution in [1.82, 2.24) is 5.32 Å². The number of nitrogens with one attached hydrogen (secondary N) is 1. The van der Waals surface area contributed by atoms with Crippen molar-refractivity contribution < 1.29 is 18.6 Å². The molecule has 2 heterocycles. The van der Waals surface area contributed by atoms with E-state index in [4.69, 9.17) is 18.6 Å². The van der Waals surface area contributed by atoms with Gasteiger partial charge in [-0.3, -0.25) is 0 Å². The minimum Gasteiger partial charge on any atom is -0.518 e. The van der Waals surface area contributed by atoms with Crippen LogP contribution in [0.15, 0.2) is 0 Å². The molecule has 112 valence electrons. The van der Waals surface area contributed by atoms with E-state index in [2.05, 4.69) is 19.2 Å². The van der Waals surface area contributed by atoms with E-state index in [1.807, 2.05) is 0 Å². The molecule has 0 radical (unpaired) electrons. The van der Waals surface area contributed by atoms with Crippen LogP contribution >= 0.6 is 0 Å². The van der Waals surface area contributed by atoms with Gasteiger partial charge in [-0.05, 0) is 12.8 Å². The molecule has 1 spiro atoms. The molecule has 0 aromatic heterocycles. The Kier molecular flexibility index (Phi) is 5.65. The summed E-state index contributed by atoms with van der Waals surface area (Å²) in [4.78, 5) is 0. The van der Waals surface area contributed by atoms with Crippen molar-refractivity contribution in [2.45, 2.75) is 39.5 Å². The van der Waals surface area contributed by atoms with Gasteiger partial charge in [-0.15, -0.1) is 0 Å².